The lowest BCUT2D eigenvalue weighted by Crippen LogP contribution is -2.35. The molecule has 0 fully saturated rings. The summed E-state index contributed by atoms with van der Waals surface area (Å²) < 4.78 is 0. The topological polar surface area (TPSA) is 71.1 Å². The molecule has 1 aromatic heterocycles. The highest BCUT2D eigenvalue weighted by Gasteiger charge is 2.20. The zero-order chi connectivity index (χ0) is 19.3. The molecule has 2 rings (SSSR count). The van der Waals surface area contributed by atoms with Gasteiger partial charge in [0.1, 0.15) is 0 Å². The molecule has 1 aromatic carbocycles. The molecule has 2 amide bonds. The van der Waals surface area contributed by atoms with Crippen LogP contribution in [0.3, 0.4) is 0 Å². The monoisotopic (exact) mass is 393 g/mol. The average Bonchev–Trinajstić information content (AvgIpc) is 2.91. The lowest BCUT2D eigenvalue weighted by Gasteiger charge is -2.17. The molecule has 0 radical (unpaired) electrons. The highest BCUT2D eigenvalue weighted by atomic mass is 35.5. The van der Waals surface area contributed by atoms with Gasteiger partial charge in [0.2, 0.25) is 11.8 Å². The van der Waals surface area contributed by atoms with Crippen molar-refractivity contribution in [3.63, 3.8) is 0 Å². The first-order valence-electron chi connectivity index (χ1n) is 8.48. The van der Waals surface area contributed by atoms with E-state index in [-0.39, 0.29) is 11.8 Å². The molecule has 0 spiro atoms. The summed E-state index contributed by atoms with van der Waals surface area (Å²) in [6, 6.07) is 7.46. The average molecular weight is 394 g/mol. The zero-order valence-corrected chi connectivity index (χ0v) is 17.1. The van der Waals surface area contributed by atoms with Crippen LogP contribution in [0.1, 0.15) is 38.5 Å². The minimum Gasteiger partial charge on any atom is -0.356 e. The molecule has 0 aliphatic rings. The molecule has 0 atom stereocenters. The summed E-state index contributed by atoms with van der Waals surface area (Å²) in [5, 5.41) is 6.93. The largest absolute Gasteiger partial charge is 0.356 e. The van der Waals surface area contributed by atoms with Crippen LogP contribution >= 0.6 is 22.9 Å². The normalized spacial score (nSPS) is 11.3. The summed E-state index contributed by atoms with van der Waals surface area (Å²) in [6.07, 6.45) is 0.918. The maximum atomic E-state index is 12.1. The van der Waals surface area contributed by atoms with Crippen molar-refractivity contribution < 1.29 is 9.59 Å². The number of carbonyl (C=O) groups excluding carboxylic acids is 2. The Morgan fingerprint density at radius 3 is 2.46 bits per heavy atom. The van der Waals surface area contributed by atoms with Crippen molar-refractivity contribution in [1.82, 2.24) is 10.3 Å². The number of aromatic nitrogens is 1. The van der Waals surface area contributed by atoms with Gasteiger partial charge in [-0.3, -0.25) is 9.59 Å². The molecule has 0 aliphatic carbocycles. The Hall–Kier alpha value is -1.92. The molecule has 0 saturated heterocycles. The molecular formula is C19H24ClN3O2S. The highest BCUT2D eigenvalue weighted by Crippen LogP contribution is 2.31. The first kappa shape index (κ1) is 20.4. The van der Waals surface area contributed by atoms with Crippen LogP contribution in [-0.2, 0) is 9.59 Å². The van der Waals surface area contributed by atoms with Gasteiger partial charge in [-0.2, -0.15) is 0 Å². The molecule has 1 heterocycles. The smallest absolute Gasteiger partial charge is 0.226 e. The van der Waals surface area contributed by atoms with E-state index in [0.717, 1.165) is 16.1 Å². The number of amides is 2. The molecule has 0 bridgehead atoms. The molecule has 0 aliphatic heterocycles. The van der Waals surface area contributed by atoms with Crippen molar-refractivity contribution >= 4 is 39.9 Å². The Bertz CT molecular complexity index is 779. The third-order valence-corrected chi connectivity index (χ3v) is 4.85. The Kier molecular flexibility index (Phi) is 6.78. The van der Waals surface area contributed by atoms with Crippen LogP contribution in [-0.4, -0.2) is 23.3 Å². The quantitative estimate of drug-likeness (QED) is 0.701. The van der Waals surface area contributed by atoms with E-state index in [4.69, 9.17) is 11.6 Å². The lowest BCUT2D eigenvalue weighted by molar-refractivity contribution is -0.128. The molecular weight excluding hydrogens is 370 g/mol. The zero-order valence-electron chi connectivity index (χ0n) is 15.5. The van der Waals surface area contributed by atoms with Crippen molar-refractivity contribution in [2.45, 2.75) is 40.5 Å². The number of carbonyl (C=O) groups is 2. The van der Waals surface area contributed by atoms with Gasteiger partial charge in [0, 0.05) is 33.8 Å². The third kappa shape index (κ3) is 5.81. The Balaban J connectivity index is 1.85. The summed E-state index contributed by atoms with van der Waals surface area (Å²) in [4.78, 5) is 29.4. The number of rotatable bonds is 6. The van der Waals surface area contributed by atoms with E-state index in [0.29, 0.717) is 29.5 Å². The van der Waals surface area contributed by atoms with Gasteiger partial charge in [0.05, 0.1) is 5.69 Å². The second-order valence-electron chi connectivity index (χ2n) is 7.09. The van der Waals surface area contributed by atoms with Gasteiger partial charge in [0.25, 0.3) is 0 Å². The first-order chi connectivity index (χ1) is 12.2. The number of hydrogen-bond acceptors (Lipinski definition) is 4. The molecule has 7 heteroatoms. The third-order valence-electron chi connectivity index (χ3n) is 3.71. The van der Waals surface area contributed by atoms with Gasteiger partial charge in [-0.15, -0.1) is 11.3 Å². The van der Waals surface area contributed by atoms with E-state index >= 15 is 0 Å². The Labute approximate surface area is 163 Å². The number of nitrogens with zero attached hydrogens (tertiary/aromatic N) is 1. The van der Waals surface area contributed by atoms with E-state index in [2.05, 4.69) is 15.6 Å². The van der Waals surface area contributed by atoms with Gasteiger partial charge < -0.3 is 10.6 Å². The molecule has 2 N–H and O–H groups in total. The number of aryl methyl sites for hydroxylation is 1. The summed E-state index contributed by atoms with van der Waals surface area (Å²) in [7, 11) is 0. The van der Waals surface area contributed by atoms with Crippen LogP contribution in [0.2, 0.25) is 5.02 Å². The first-order valence-corrected chi connectivity index (χ1v) is 9.68. The maximum absolute atomic E-state index is 12.1. The van der Waals surface area contributed by atoms with E-state index in [1.807, 2.05) is 52.0 Å². The number of hydrogen-bond donors (Lipinski definition) is 2. The predicted octanol–water partition coefficient (Wildman–Crippen LogP) is 4.65. The summed E-state index contributed by atoms with van der Waals surface area (Å²) >= 11 is 7.36. The number of nitrogens with one attached hydrogen (secondary N) is 2. The molecule has 26 heavy (non-hydrogen) atoms. The SMILES string of the molecule is Cc1sc(NC(=O)CCCNC(=O)C(C)(C)C)nc1-c1ccc(Cl)cc1. The number of benzene rings is 1. The maximum Gasteiger partial charge on any atom is 0.226 e. The second-order valence-corrected chi connectivity index (χ2v) is 8.73. The highest BCUT2D eigenvalue weighted by molar-refractivity contribution is 7.16. The fraction of sp³-hybridized carbons (Fsp3) is 0.421. The number of anilines is 1. The van der Waals surface area contributed by atoms with Gasteiger partial charge in [0.15, 0.2) is 5.13 Å². The minimum absolute atomic E-state index is 0.0129. The van der Waals surface area contributed by atoms with Crippen LogP contribution in [0, 0.1) is 12.3 Å². The van der Waals surface area contributed by atoms with Gasteiger partial charge in [-0.05, 0) is 25.5 Å². The summed E-state index contributed by atoms with van der Waals surface area (Å²) in [5.41, 5.74) is 1.40. The fourth-order valence-electron chi connectivity index (χ4n) is 2.22. The lowest BCUT2D eigenvalue weighted by atomic mass is 9.96. The summed E-state index contributed by atoms with van der Waals surface area (Å²) in [6.45, 7) is 8.03. The standard InChI is InChI=1S/C19H24ClN3O2S/c1-12-16(13-7-9-14(20)10-8-13)23-18(26-12)22-15(24)6-5-11-21-17(25)19(2,3)4/h7-10H,5-6,11H2,1-4H3,(H,21,25)(H,22,23,24). The molecule has 0 unspecified atom stereocenters. The van der Waals surface area contributed by atoms with Crippen LogP contribution in [0.25, 0.3) is 11.3 Å². The fourth-order valence-corrected chi connectivity index (χ4v) is 3.20. The van der Waals surface area contributed by atoms with Gasteiger partial charge in [-0.1, -0.05) is 44.5 Å². The van der Waals surface area contributed by atoms with Crippen LogP contribution in [0.4, 0.5) is 5.13 Å². The van der Waals surface area contributed by atoms with Gasteiger partial charge in [-0.25, -0.2) is 4.98 Å². The van der Waals surface area contributed by atoms with Crippen molar-refractivity contribution in [2.24, 2.45) is 5.41 Å². The molecule has 140 valence electrons. The minimum atomic E-state index is -0.418. The predicted molar refractivity (Wildman–Crippen MR) is 108 cm³/mol. The van der Waals surface area contributed by atoms with E-state index in [1.54, 1.807) is 0 Å². The second kappa shape index (κ2) is 8.64. The van der Waals surface area contributed by atoms with Crippen LogP contribution in [0.15, 0.2) is 24.3 Å². The van der Waals surface area contributed by atoms with Gasteiger partial charge >= 0.3 is 0 Å². The Morgan fingerprint density at radius 1 is 1.19 bits per heavy atom. The van der Waals surface area contributed by atoms with Crippen molar-refractivity contribution in [3.05, 3.63) is 34.2 Å². The van der Waals surface area contributed by atoms with Crippen LogP contribution < -0.4 is 10.6 Å². The van der Waals surface area contributed by atoms with Crippen LogP contribution in [0.5, 0.6) is 0 Å². The molecule has 0 saturated carbocycles. The summed E-state index contributed by atoms with van der Waals surface area (Å²) in [5.74, 6) is -0.118. The number of thiazole rings is 1. The van der Waals surface area contributed by atoms with Crippen molar-refractivity contribution in [2.75, 3.05) is 11.9 Å². The van der Waals surface area contributed by atoms with E-state index in [9.17, 15) is 9.59 Å². The van der Waals surface area contributed by atoms with E-state index < -0.39 is 5.41 Å². The van der Waals surface area contributed by atoms with Crippen molar-refractivity contribution in [1.29, 1.82) is 0 Å². The molecule has 2 aromatic rings. The van der Waals surface area contributed by atoms with Crippen molar-refractivity contribution in [3.8, 4) is 11.3 Å². The number of halogens is 1. The Morgan fingerprint density at radius 2 is 1.85 bits per heavy atom. The van der Waals surface area contributed by atoms with E-state index in [1.165, 1.54) is 11.3 Å². The molecule has 5 nitrogen and oxygen atoms in total.